The van der Waals surface area contributed by atoms with Crippen LogP contribution in [0, 0.1) is 11.8 Å². The molecule has 0 aromatic heterocycles. The number of hydrogen-bond donors (Lipinski definition) is 0. The maximum absolute atomic E-state index is 3.87. The van der Waals surface area contributed by atoms with E-state index in [1.165, 1.54) is 22.3 Å². The molecule has 0 amide bonds. The van der Waals surface area contributed by atoms with E-state index in [9.17, 15) is 0 Å². The Bertz CT molecular complexity index is 211. The van der Waals surface area contributed by atoms with Crippen LogP contribution in [0.4, 0.5) is 0 Å². The Kier molecular flexibility index (Phi) is 9.58. The van der Waals surface area contributed by atoms with Crippen molar-refractivity contribution in [1.29, 1.82) is 0 Å². The number of rotatable bonds is 9. The summed E-state index contributed by atoms with van der Waals surface area (Å²) in [5.74, 6) is 2.30. The molecule has 2 atom stereocenters. The van der Waals surface area contributed by atoms with E-state index in [0.29, 0.717) is 11.8 Å². The second-order valence-corrected chi connectivity index (χ2v) is 6.39. The average molecular weight is 289 g/mol. The fourth-order valence-corrected chi connectivity index (χ4v) is 3.63. The van der Waals surface area contributed by atoms with Crippen molar-refractivity contribution < 1.29 is 0 Å². The third-order valence-electron chi connectivity index (χ3n) is 2.47. The van der Waals surface area contributed by atoms with Crippen LogP contribution in [0.5, 0.6) is 0 Å². The Labute approximate surface area is 107 Å². The average Bonchev–Trinajstić information content (AvgIpc) is 2.25. The summed E-state index contributed by atoms with van der Waals surface area (Å²) in [5, 5.41) is 0. The molecule has 0 unspecified atom stereocenters. The Morgan fingerprint density at radius 1 is 1.47 bits per heavy atom. The van der Waals surface area contributed by atoms with Crippen molar-refractivity contribution in [3.05, 3.63) is 25.3 Å². The van der Waals surface area contributed by atoms with Gasteiger partial charge in [0.1, 0.15) is 0 Å². The van der Waals surface area contributed by atoms with Crippen molar-refractivity contribution >= 4 is 31.1 Å². The van der Waals surface area contributed by atoms with Gasteiger partial charge in [0.15, 0.2) is 0 Å². The summed E-state index contributed by atoms with van der Waals surface area (Å²) in [4.78, 5) is 0. The van der Waals surface area contributed by atoms with Crippen LogP contribution < -0.4 is 0 Å². The molecule has 0 aliphatic carbocycles. The molecule has 0 heterocycles. The first-order chi connectivity index (χ1) is 7.17. The molecule has 2 heteroatoms. The molecule has 0 aliphatic heterocycles. The molecule has 0 fully saturated rings. The zero-order valence-electron chi connectivity index (χ0n) is 9.87. The van der Waals surface area contributed by atoms with Gasteiger partial charge in [-0.15, -0.1) is 0 Å². The van der Waals surface area contributed by atoms with Crippen molar-refractivity contribution in [2.75, 3.05) is 5.75 Å². The Hall–Kier alpha value is 0.219. The summed E-state index contributed by atoms with van der Waals surface area (Å²) < 4.78 is 1.41. The minimum absolute atomic E-state index is 0.522. The molecule has 86 valence electrons. The van der Waals surface area contributed by atoms with Gasteiger partial charge >= 0.3 is 107 Å². The standard InChI is InChI=1S/C13H22SSe/c1-5-8-10-14-13(15)12(9-6-2)11(4)7-3/h6-7,11-12H,2-3,5,8-10H2,1,4H3/t11-,12+/m1/s1. The fraction of sp³-hybridized carbons (Fsp3) is 0.615. The second-order valence-electron chi connectivity index (χ2n) is 3.75. The van der Waals surface area contributed by atoms with Gasteiger partial charge in [-0.25, -0.2) is 0 Å². The van der Waals surface area contributed by atoms with Crippen molar-refractivity contribution in [2.45, 2.75) is 33.1 Å². The quantitative estimate of drug-likeness (QED) is 0.353. The summed E-state index contributed by atoms with van der Waals surface area (Å²) >= 11 is 5.18. The van der Waals surface area contributed by atoms with E-state index in [-0.39, 0.29) is 0 Å². The zero-order chi connectivity index (χ0) is 11.7. The van der Waals surface area contributed by atoms with Gasteiger partial charge in [0.2, 0.25) is 0 Å². The van der Waals surface area contributed by atoms with Gasteiger partial charge in [-0.2, -0.15) is 0 Å². The van der Waals surface area contributed by atoms with Gasteiger partial charge < -0.3 is 0 Å². The minimum atomic E-state index is 0.522. The van der Waals surface area contributed by atoms with Crippen molar-refractivity contribution in [3.8, 4) is 0 Å². The summed E-state index contributed by atoms with van der Waals surface area (Å²) in [6.45, 7) is 12.1. The van der Waals surface area contributed by atoms with Gasteiger partial charge in [-0.05, 0) is 0 Å². The molecule has 0 nitrogen and oxygen atoms in total. The van der Waals surface area contributed by atoms with Gasteiger partial charge in [-0.3, -0.25) is 0 Å². The molecule has 15 heavy (non-hydrogen) atoms. The topological polar surface area (TPSA) is 0 Å². The van der Waals surface area contributed by atoms with Gasteiger partial charge in [-0.1, -0.05) is 0 Å². The number of hydrogen-bond acceptors (Lipinski definition) is 1. The van der Waals surface area contributed by atoms with E-state index >= 15 is 0 Å². The Morgan fingerprint density at radius 3 is 2.60 bits per heavy atom. The first-order valence-electron chi connectivity index (χ1n) is 5.57. The number of thioether (sulfide) groups is 1. The zero-order valence-corrected chi connectivity index (χ0v) is 12.4. The van der Waals surface area contributed by atoms with E-state index in [2.05, 4.69) is 42.6 Å². The predicted molar refractivity (Wildman–Crippen MR) is 75.8 cm³/mol. The van der Waals surface area contributed by atoms with Gasteiger partial charge in [0.05, 0.1) is 0 Å². The van der Waals surface area contributed by atoms with Gasteiger partial charge in [0, 0.05) is 0 Å². The van der Waals surface area contributed by atoms with Crippen LogP contribution in [0.2, 0.25) is 0 Å². The van der Waals surface area contributed by atoms with Crippen molar-refractivity contribution in [2.24, 2.45) is 11.8 Å². The molecule has 0 aromatic rings. The molecule has 0 saturated heterocycles. The van der Waals surface area contributed by atoms with E-state index < -0.39 is 0 Å². The molecular formula is C13H22SSe. The molecule has 0 rings (SSSR count). The van der Waals surface area contributed by atoms with Crippen LogP contribution in [0.25, 0.3) is 0 Å². The van der Waals surface area contributed by atoms with E-state index in [4.69, 9.17) is 0 Å². The van der Waals surface area contributed by atoms with Crippen LogP contribution in [0.1, 0.15) is 33.1 Å². The van der Waals surface area contributed by atoms with Crippen LogP contribution in [0.15, 0.2) is 25.3 Å². The SMILES string of the molecule is C=CC[C@H](C(=[Se])SCCCC)[C@H](C)C=C. The summed E-state index contributed by atoms with van der Waals surface area (Å²) in [5.41, 5.74) is 0. The Morgan fingerprint density at radius 2 is 2.13 bits per heavy atom. The normalized spacial score (nSPS) is 14.3. The number of unbranched alkanes of at least 4 members (excludes halogenated alkanes) is 1. The molecule has 0 saturated carbocycles. The Balaban J connectivity index is 4.15. The third-order valence-corrected chi connectivity index (χ3v) is 4.93. The molecule has 0 N–H and O–H groups in total. The fourth-order valence-electron chi connectivity index (χ4n) is 1.29. The summed E-state index contributed by atoms with van der Waals surface area (Å²) in [7, 11) is 0. The van der Waals surface area contributed by atoms with Gasteiger partial charge in [0.25, 0.3) is 0 Å². The van der Waals surface area contributed by atoms with Crippen molar-refractivity contribution in [1.82, 2.24) is 0 Å². The van der Waals surface area contributed by atoms with Crippen LogP contribution in [-0.2, 0) is 0 Å². The monoisotopic (exact) mass is 290 g/mol. The molecule has 0 aliphatic rings. The van der Waals surface area contributed by atoms with E-state index in [1.807, 2.05) is 23.9 Å². The van der Waals surface area contributed by atoms with Crippen molar-refractivity contribution in [3.63, 3.8) is 0 Å². The van der Waals surface area contributed by atoms with E-state index in [1.54, 1.807) is 0 Å². The second kappa shape index (κ2) is 9.45. The molecular weight excluding hydrogens is 267 g/mol. The predicted octanol–water partition coefficient (Wildman–Crippen LogP) is 3.83. The number of allylic oxidation sites excluding steroid dienone is 2. The summed E-state index contributed by atoms with van der Waals surface area (Å²) in [6, 6.07) is 0. The third kappa shape index (κ3) is 6.40. The van der Waals surface area contributed by atoms with E-state index in [0.717, 1.165) is 6.42 Å². The summed E-state index contributed by atoms with van der Waals surface area (Å²) in [6.07, 6.45) is 7.63. The first kappa shape index (κ1) is 15.2. The molecule has 0 spiro atoms. The first-order valence-corrected chi connectivity index (χ1v) is 7.41. The van der Waals surface area contributed by atoms with Crippen LogP contribution in [-0.4, -0.2) is 25.1 Å². The molecule has 0 aromatic carbocycles. The maximum atomic E-state index is 3.87. The van der Waals surface area contributed by atoms with Crippen LogP contribution >= 0.6 is 11.8 Å². The molecule has 0 radical (unpaired) electrons. The van der Waals surface area contributed by atoms with Crippen LogP contribution in [0.3, 0.4) is 0 Å². The molecule has 0 bridgehead atoms.